The predicted molar refractivity (Wildman–Crippen MR) is 123 cm³/mol. The van der Waals surface area contributed by atoms with Crippen molar-refractivity contribution in [2.75, 3.05) is 11.9 Å². The number of imidazole rings is 1. The number of hydrogen-bond donors (Lipinski definition) is 1. The second-order valence-electron chi connectivity index (χ2n) is 7.99. The summed E-state index contributed by atoms with van der Waals surface area (Å²) in [6.07, 6.45) is 7.02. The summed E-state index contributed by atoms with van der Waals surface area (Å²) in [6.45, 7) is 0. The molecule has 2 amide bonds. The number of benzene rings is 2. The molecule has 0 saturated heterocycles. The van der Waals surface area contributed by atoms with E-state index in [2.05, 4.69) is 21.4 Å². The molecule has 1 fully saturated rings. The molecule has 2 heterocycles. The Bertz CT molecular complexity index is 1400. The summed E-state index contributed by atoms with van der Waals surface area (Å²) in [5.41, 5.74) is 4.32. The summed E-state index contributed by atoms with van der Waals surface area (Å²) in [5.74, 6) is -0.349. The van der Waals surface area contributed by atoms with Crippen LogP contribution in [-0.4, -0.2) is 39.3 Å². The van der Waals surface area contributed by atoms with Crippen LogP contribution in [0.15, 0.2) is 67.1 Å². The molecule has 1 aliphatic rings. The number of nitrogens with one attached hydrogen (secondary N) is 1. The Morgan fingerprint density at radius 3 is 2.45 bits per heavy atom. The Kier molecular flexibility index (Phi) is 5.07. The molecule has 8 nitrogen and oxygen atoms in total. The molecule has 2 aromatic carbocycles. The van der Waals surface area contributed by atoms with Crippen molar-refractivity contribution in [1.29, 1.82) is 5.26 Å². The zero-order chi connectivity index (χ0) is 22.9. The van der Waals surface area contributed by atoms with Gasteiger partial charge in [-0.25, -0.2) is 9.97 Å². The van der Waals surface area contributed by atoms with Crippen LogP contribution in [0.2, 0.25) is 0 Å². The third-order valence-corrected chi connectivity index (χ3v) is 5.66. The number of nitrogens with zero attached hydrogens (tertiary/aromatic N) is 5. The number of hydrogen-bond acceptors (Lipinski definition) is 5. The first kappa shape index (κ1) is 20.4. The van der Waals surface area contributed by atoms with Crippen molar-refractivity contribution in [3.05, 3.63) is 83.9 Å². The third kappa shape index (κ3) is 4.04. The maximum absolute atomic E-state index is 13.0. The average molecular weight is 436 g/mol. The van der Waals surface area contributed by atoms with Crippen LogP contribution < -0.4 is 10.2 Å². The van der Waals surface area contributed by atoms with Gasteiger partial charge in [-0.05, 0) is 49.2 Å². The van der Waals surface area contributed by atoms with Crippen molar-refractivity contribution < 1.29 is 9.59 Å². The highest BCUT2D eigenvalue weighted by atomic mass is 16.2. The van der Waals surface area contributed by atoms with Crippen LogP contribution in [0.4, 0.5) is 5.69 Å². The predicted octanol–water partition coefficient (Wildman–Crippen LogP) is 3.44. The van der Waals surface area contributed by atoms with Crippen molar-refractivity contribution >= 4 is 23.1 Å². The number of rotatable bonds is 5. The van der Waals surface area contributed by atoms with E-state index in [1.807, 2.05) is 16.5 Å². The van der Waals surface area contributed by atoms with Gasteiger partial charge >= 0.3 is 0 Å². The lowest BCUT2D eigenvalue weighted by molar-refractivity contribution is 0.0949. The Hall–Kier alpha value is -4.51. The largest absolute Gasteiger partial charge is 0.349 e. The second-order valence-corrected chi connectivity index (χ2v) is 7.99. The zero-order valence-corrected chi connectivity index (χ0v) is 17.9. The minimum Gasteiger partial charge on any atom is -0.349 e. The molecule has 0 atom stereocenters. The number of carbonyl (C=O) groups excluding carboxylic acids is 2. The lowest BCUT2D eigenvalue weighted by atomic mass is 10.1. The first-order chi connectivity index (χ1) is 16.0. The molecule has 2 aromatic heterocycles. The average Bonchev–Trinajstić information content (AvgIpc) is 3.58. The van der Waals surface area contributed by atoms with Gasteiger partial charge in [0.25, 0.3) is 11.8 Å². The standard InChI is InChI=1S/C25H20N6O2/c1-30(20-10-2-16(12-26)3-11-20)25(33)21-15-31-22(13-28-23(31)14-27-21)17-4-6-18(7-5-17)24(32)29-19-8-9-19/h2-7,10-11,13-15,19H,8-9H2,1H3,(H,29,32). The van der Waals surface area contributed by atoms with Crippen molar-refractivity contribution in [2.45, 2.75) is 18.9 Å². The lowest BCUT2D eigenvalue weighted by Gasteiger charge is -2.17. The molecule has 0 bridgehead atoms. The number of nitriles is 1. The van der Waals surface area contributed by atoms with Gasteiger partial charge in [0.05, 0.1) is 29.7 Å². The Balaban J connectivity index is 1.42. The summed E-state index contributed by atoms with van der Waals surface area (Å²) < 4.78 is 1.81. The van der Waals surface area contributed by atoms with E-state index in [0.29, 0.717) is 28.5 Å². The molecular formula is C25H20N6O2. The number of carbonyl (C=O) groups is 2. The van der Waals surface area contributed by atoms with Crippen LogP contribution in [0.5, 0.6) is 0 Å². The minimum absolute atomic E-state index is 0.0647. The molecule has 162 valence electrons. The second kappa shape index (κ2) is 8.20. The van der Waals surface area contributed by atoms with Crippen molar-refractivity contribution in [3.8, 4) is 17.3 Å². The minimum atomic E-state index is -0.284. The van der Waals surface area contributed by atoms with Crippen molar-refractivity contribution in [1.82, 2.24) is 19.7 Å². The maximum Gasteiger partial charge on any atom is 0.278 e. The van der Waals surface area contributed by atoms with Gasteiger partial charge in [-0.15, -0.1) is 0 Å². The van der Waals surface area contributed by atoms with E-state index in [4.69, 9.17) is 5.26 Å². The van der Waals surface area contributed by atoms with Gasteiger partial charge < -0.3 is 10.2 Å². The van der Waals surface area contributed by atoms with Gasteiger partial charge in [0.15, 0.2) is 5.65 Å². The SMILES string of the molecule is CN(C(=O)c1cn2c(-c3ccc(C(=O)NC4CC4)cc3)cnc2cn1)c1ccc(C#N)cc1. The molecule has 4 aromatic rings. The molecule has 0 spiro atoms. The molecule has 1 aliphatic carbocycles. The first-order valence-electron chi connectivity index (χ1n) is 10.6. The van der Waals surface area contributed by atoms with E-state index in [9.17, 15) is 9.59 Å². The van der Waals surface area contributed by atoms with E-state index >= 15 is 0 Å². The highest BCUT2D eigenvalue weighted by Gasteiger charge is 2.24. The molecular weight excluding hydrogens is 416 g/mol. The van der Waals surface area contributed by atoms with Gasteiger partial charge in [-0.3, -0.25) is 14.0 Å². The number of amides is 2. The number of aromatic nitrogens is 3. The van der Waals surface area contributed by atoms with E-state index in [1.54, 1.807) is 62.0 Å². The smallest absolute Gasteiger partial charge is 0.278 e. The van der Waals surface area contributed by atoms with Crippen molar-refractivity contribution in [3.63, 3.8) is 0 Å². The van der Waals surface area contributed by atoms with Crippen LogP contribution in [0.3, 0.4) is 0 Å². The van der Waals surface area contributed by atoms with Gasteiger partial charge in [-0.2, -0.15) is 5.26 Å². The summed E-state index contributed by atoms with van der Waals surface area (Å²) >= 11 is 0. The topological polar surface area (TPSA) is 103 Å². The number of anilines is 1. The summed E-state index contributed by atoms with van der Waals surface area (Å²) in [4.78, 5) is 35.5. The summed E-state index contributed by atoms with van der Waals surface area (Å²) in [5, 5.41) is 11.9. The Morgan fingerprint density at radius 1 is 1.06 bits per heavy atom. The van der Waals surface area contributed by atoms with E-state index < -0.39 is 0 Å². The van der Waals surface area contributed by atoms with E-state index in [0.717, 1.165) is 24.1 Å². The fraction of sp³-hybridized carbons (Fsp3) is 0.160. The third-order valence-electron chi connectivity index (χ3n) is 5.66. The molecule has 5 rings (SSSR count). The maximum atomic E-state index is 13.0. The van der Waals surface area contributed by atoms with E-state index in [1.165, 1.54) is 4.90 Å². The van der Waals surface area contributed by atoms with Crippen LogP contribution >= 0.6 is 0 Å². The molecule has 1 N–H and O–H groups in total. The van der Waals surface area contributed by atoms with Gasteiger partial charge in [0.2, 0.25) is 0 Å². The monoisotopic (exact) mass is 436 g/mol. The van der Waals surface area contributed by atoms with Crippen LogP contribution in [0, 0.1) is 11.3 Å². The van der Waals surface area contributed by atoms with Crippen molar-refractivity contribution in [2.24, 2.45) is 0 Å². The zero-order valence-electron chi connectivity index (χ0n) is 17.9. The quantitative estimate of drug-likeness (QED) is 0.516. The highest BCUT2D eigenvalue weighted by molar-refractivity contribution is 6.04. The Morgan fingerprint density at radius 2 is 1.79 bits per heavy atom. The molecule has 0 radical (unpaired) electrons. The highest BCUT2D eigenvalue weighted by Crippen LogP contribution is 2.23. The molecule has 0 unspecified atom stereocenters. The molecule has 1 saturated carbocycles. The van der Waals surface area contributed by atoms with E-state index in [-0.39, 0.29) is 17.5 Å². The molecule has 8 heteroatoms. The van der Waals surface area contributed by atoms with Crippen LogP contribution in [-0.2, 0) is 0 Å². The van der Waals surface area contributed by atoms with Crippen LogP contribution in [0.1, 0.15) is 39.3 Å². The van der Waals surface area contributed by atoms with Crippen LogP contribution in [0.25, 0.3) is 16.9 Å². The normalized spacial score (nSPS) is 12.8. The summed E-state index contributed by atoms with van der Waals surface area (Å²) in [6, 6.07) is 16.5. The fourth-order valence-corrected chi connectivity index (χ4v) is 3.55. The lowest BCUT2D eigenvalue weighted by Crippen LogP contribution is -2.27. The first-order valence-corrected chi connectivity index (χ1v) is 10.6. The van der Waals surface area contributed by atoms with Gasteiger partial charge in [0.1, 0.15) is 5.69 Å². The molecule has 0 aliphatic heterocycles. The van der Waals surface area contributed by atoms with Gasteiger partial charge in [-0.1, -0.05) is 12.1 Å². The molecule has 33 heavy (non-hydrogen) atoms. The summed E-state index contributed by atoms with van der Waals surface area (Å²) in [7, 11) is 1.66. The van der Waals surface area contributed by atoms with Gasteiger partial charge in [0, 0.05) is 36.1 Å². The Labute approximate surface area is 190 Å². The number of fused-ring (bicyclic) bond motifs is 1. The fourth-order valence-electron chi connectivity index (χ4n) is 3.55.